The molecule has 0 unspecified atom stereocenters. The summed E-state index contributed by atoms with van der Waals surface area (Å²) >= 11 is 5.70. The number of hydrogen-bond donors (Lipinski definition) is 1. The van der Waals surface area contributed by atoms with Crippen molar-refractivity contribution in [3.63, 3.8) is 0 Å². The van der Waals surface area contributed by atoms with Gasteiger partial charge in [0.05, 0.1) is 27.7 Å². The van der Waals surface area contributed by atoms with Crippen molar-refractivity contribution in [2.24, 2.45) is 0 Å². The fraction of sp³-hybridized carbons (Fsp3) is 0.240. The lowest BCUT2D eigenvalue weighted by Crippen LogP contribution is -2.42. The van der Waals surface area contributed by atoms with Crippen molar-refractivity contribution in [1.82, 2.24) is 5.32 Å². The topological polar surface area (TPSA) is 75.7 Å². The van der Waals surface area contributed by atoms with Crippen molar-refractivity contribution < 1.29 is 31.1 Å². The Morgan fingerprint density at radius 3 is 2.36 bits per heavy atom. The zero-order chi connectivity index (χ0) is 26.5. The van der Waals surface area contributed by atoms with Gasteiger partial charge in [-0.05, 0) is 55.8 Å². The molecule has 1 N–H and O–H groups in total. The molecule has 0 aromatic heterocycles. The third-order valence-electron chi connectivity index (χ3n) is 5.17. The molecule has 0 heterocycles. The normalized spacial score (nSPS) is 11.7. The van der Waals surface area contributed by atoms with E-state index in [0.29, 0.717) is 16.1 Å². The molecule has 0 saturated carbocycles. The third-order valence-corrected chi connectivity index (χ3v) is 7.29. The number of anilines is 1. The summed E-state index contributed by atoms with van der Waals surface area (Å²) in [6.45, 7) is 3.25. The number of nitrogens with zero attached hydrogens (tertiary/aromatic N) is 1. The molecule has 0 aliphatic heterocycles. The van der Waals surface area contributed by atoms with Gasteiger partial charge < -0.3 is 10.1 Å². The van der Waals surface area contributed by atoms with E-state index >= 15 is 0 Å². The van der Waals surface area contributed by atoms with Crippen molar-refractivity contribution in [3.8, 4) is 5.75 Å². The van der Waals surface area contributed by atoms with Crippen LogP contribution in [0.4, 0.5) is 18.9 Å². The molecule has 0 saturated heterocycles. The molecule has 0 radical (unpaired) electrons. The van der Waals surface area contributed by atoms with Gasteiger partial charge in [-0.15, -0.1) is 0 Å². The van der Waals surface area contributed by atoms with E-state index in [0.717, 1.165) is 23.3 Å². The number of hydrogen-bond acceptors (Lipinski definition) is 4. The van der Waals surface area contributed by atoms with E-state index in [1.165, 1.54) is 24.3 Å². The smallest absolute Gasteiger partial charge is 0.417 e. The zero-order valence-electron chi connectivity index (χ0n) is 19.5. The Balaban J connectivity index is 1.80. The van der Waals surface area contributed by atoms with Crippen LogP contribution in [-0.2, 0) is 21.0 Å². The van der Waals surface area contributed by atoms with Crippen LogP contribution in [-0.4, -0.2) is 34.0 Å². The number of carbonyl (C=O) groups excluding carboxylic acids is 1. The van der Waals surface area contributed by atoms with Crippen molar-refractivity contribution in [2.45, 2.75) is 24.9 Å². The maximum Gasteiger partial charge on any atom is 0.417 e. The highest BCUT2D eigenvalue weighted by Crippen LogP contribution is 2.38. The van der Waals surface area contributed by atoms with Gasteiger partial charge in [-0.2, -0.15) is 13.2 Å². The van der Waals surface area contributed by atoms with Crippen molar-refractivity contribution >= 4 is 33.2 Å². The number of aryl methyl sites for hydroxylation is 2. The van der Waals surface area contributed by atoms with Crippen LogP contribution in [0.25, 0.3) is 0 Å². The summed E-state index contributed by atoms with van der Waals surface area (Å²) in [5, 5.41) is 1.96. The monoisotopic (exact) mass is 540 g/mol. The molecule has 1 amide bonds. The van der Waals surface area contributed by atoms with Crippen LogP contribution in [0.5, 0.6) is 5.75 Å². The van der Waals surface area contributed by atoms with Crippen LogP contribution in [0.2, 0.25) is 5.02 Å². The van der Waals surface area contributed by atoms with E-state index in [9.17, 15) is 26.4 Å². The van der Waals surface area contributed by atoms with Crippen LogP contribution in [0.3, 0.4) is 0 Å². The number of sulfonamides is 1. The lowest BCUT2D eigenvalue weighted by atomic mass is 10.1. The van der Waals surface area contributed by atoms with E-state index in [1.807, 2.05) is 26.0 Å². The number of amides is 1. The summed E-state index contributed by atoms with van der Waals surface area (Å²) in [4.78, 5) is 12.5. The molecule has 0 fully saturated rings. The standard InChI is InChI=1S/C25H24ClF3N2O4S/c1-17-8-11-23(18(2)14-17)35-13-12-30-24(32)16-31(36(33,34)20-6-4-3-5-7-20)19-9-10-22(26)21(15-19)25(27,28)29/h3-11,14-15H,12-13,16H2,1-2H3,(H,30,32). The Morgan fingerprint density at radius 2 is 1.72 bits per heavy atom. The molecule has 0 spiro atoms. The second-order valence-electron chi connectivity index (χ2n) is 7.95. The maximum absolute atomic E-state index is 13.4. The molecule has 6 nitrogen and oxygen atoms in total. The third kappa shape index (κ3) is 6.70. The number of nitrogens with one attached hydrogen (secondary N) is 1. The first-order valence-corrected chi connectivity index (χ1v) is 12.6. The molecular formula is C25H24ClF3N2O4S. The molecule has 3 rings (SSSR count). The average Bonchev–Trinajstić information content (AvgIpc) is 2.81. The summed E-state index contributed by atoms with van der Waals surface area (Å²) in [6.07, 6.45) is -4.82. The van der Waals surface area contributed by atoms with Gasteiger partial charge in [0.1, 0.15) is 18.9 Å². The summed E-state index contributed by atoms with van der Waals surface area (Å²) < 4.78 is 73.1. The average molecular weight is 541 g/mol. The quantitative estimate of drug-likeness (QED) is 0.370. The van der Waals surface area contributed by atoms with Crippen LogP contribution >= 0.6 is 11.6 Å². The van der Waals surface area contributed by atoms with Gasteiger partial charge in [-0.3, -0.25) is 9.10 Å². The first-order valence-electron chi connectivity index (χ1n) is 10.8. The largest absolute Gasteiger partial charge is 0.491 e. The van der Waals surface area contributed by atoms with Crippen LogP contribution in [0, 0.1) is 13.8 Å². The van der Waals surface area contributed by atoms with Gasteiger partial charge >= 0.3 is 6.18 Å². The molecule has 0 aliphatic rings. The summed E-state index contributed by atoms with van der Waals surface area (Å²) in [7, 11) is -4.38. The Hall–Kier alpha value is -3.24. The van der Waals surface area contributed by atoms with E-state index in [4.69, 9.17) is 16.3 Å². The first-order chi connectivity index (χ1) is 16.9. The number of alkyl halides is 3. The van der Waals surface area contributed by atoms with Gasteiger partial charge in [0.2, 0.25) is 5.91 Å². The van der Waals surface area contributed by atoms with E-state index in [-0.39, 0.29) is 23.7 Å². The Labute approximate surface area is 212 Å². The Kier molecular flexibility index (Phi) is 8.52. The van der Waals surface area contributed by atoms with Gasteiger partial charge in [0.25, 0.3) is 10.0 Å². The molecule has 3 aromatic carbocycles. The van der Waals surface area contributed by atoms with Crippen LogP contribution < -0.4 is 14.4 Å². The Morgan fingerprint density at radius 1 is 1.03 bits per heavy atom. The minimum absolute atomic E-state index is 0.0554. The molecule has 0 aliphatic carbocycles. The van der Waals surface area contributed by atoms with Crippen molar-refractivity contribution in [1.29, 1.82) is 0 Å². The van der Waals surface area contributed by atoms with E-state index < -0.39 is 39.2 Å². The Bertz CT molecular complexity index is 1330. The summed E-state index contributed by atoms with van der Waals surface area (Å²) in [6, 6.07) is 15.4. The lowest BCUT2D eigenvalue weighted by molar-refractivity contribution is -0.137. The van der Waals surface area contributed by atoms with Gasteiger partial charge in [-0.1, -0.05) is 47.5 Å². The second kappa shape index (κ2) is 11.2. The maximum atomic E-state index is 13.4. The molecule has 0 bridgehead atoms. The number of ether oxygens (including phenoxy) is 1. The highest BCUT2D eigenvalue weighted by Gasteiger charge is 2.35. The predicted octanol–water partition coefficient (Wildman–Crippen LogP) is 5.37. The predicted molar refractivity (Wildman–Crippen MR) is 132 cm³/mol. The zero-order valence-corrected chi connectivity index (χ0v) is 21.0. The molecular weight excluding hydrogens is 517 g/mol. The van der Waals surface area contributed by atoms with E-state index in [2.05, 4.69) is 5.32 Å². The highest BCUT2D eigenvalue weighted by atomic mass is 35.5. The molecule has 36 heavy (non-hydrogen) atoms. The molecule has 11 heteroatoms. The highest BCUT2D eigenvalue weighted by molar-refractivity contribution is 7.92. The van der Waals surface area contributed by atoms with Crippen LogP contribution in [0.15, 0.2) is 71.6 Å². The number of carbonyl (C=O) groups is 1. The lowest BCUT2D eigenvalue weighted by Gasteiger charge is -2.25. The minimum atomic E-state index is -4.82. The number of halogens is 4. The summed E-state index contributed by atoms with van der Waals surface area (Å²) in [5.41, 5.74) is 0.433. The fourth-order valence-electron chi connectivity index (χ4n) is 3.42. The SMILES string of the molecule is Cc1ccc(OCCNC(=O)CN(c2ccc(Cl)c(C(F)(F)F)c2)S(=O)(=O)c2ccccc2)c(C)c1. The fourth-order valence-corrected chi connectivity index (χ4v) is 5.08. The molecule has 3 aromatic rings. The van der Waals surface area contributed by atoms with Crippen molar-refractivity contribution in [2.75, 3.05) is 24.0 Å². The van der Waals surface area contributed by atoms with Crippen LogP contribution in [0.1, 0.15) is 16.7 Å². The summed E-state index contributed by atoms with van der Waals surface area (Å²) in [5.74, 6) is -0.0776. The van der Waals surface area contributed by atoms with Gasteiger partial charge in [0, 0.05) is 0 Å². The minimum Gasteiger partial charge on any atom is -0.491 e. The number of rotatable bonds is 9. The second-order valence-corrected chi connectivity index (χ2v) is 10.2. The number of benzene rings is 3. The molecule has 192 valence electrons. The molecule has 0 atom stereocenters. The van der Waals surface area contributed by atoms with Gasteiger partial charge in [-0.25, -0.2) is 8.42 Å². The first kappa shape index (κ1) is 27.3. The van der Waals surface area contributed by atoms with Gasteiger partial charge in [0.15, 0.2) is 0 Å². The van der Waals surface area contributed by atoms with Crippen molar-refractivity contribution in [3.05, 3.63) is 88.4 Å². The van der Waals surface area contributed by atoms with E-state index in [1.54, 1.807) is 12.1 Å².